The summed E-state index contributed by atoms with van der Waals surface area (Å²) >= 11 is 6.66. The molecule has 2 aromatic carbocycles. The Morgan fingerprint density at radius 2 is 1.84 bits per heavy atom. The fourth-order valence-corrected chi connectivity index (χ4v) is 5.81. The highest BCUT2D eigenvalue weighted by molar-refractivity contribution is 6.34. The number of aliphatic hydroxyl groups is 1. The second kappa shape index (κ2) is 10.8. The predicted molar refractivity (Wildman–Crippen MR) is 166 cm³/mol. The first-order chi connectivity index (χ1) is 20.5. The molecule has 1 aliphatic carbocycles. The summed E-state index contributed by atoms with van der Waals surface area (Å²) in [5.41, 5.74) is 8.37. The van der Waals surface area contributed by atoms with Crippen LogP contribution in [0.15, 0.2) is 71.9 Å². The van der Waals surface area contributed by atoms with Crippen LogP contribution in [0, 0.1) is 0 Å². The number of para-hydroxylation sites is 1. The molecule has 218 valence electrons. The lowest BCUT2D eigenvalue weighted by Crippen LogP contribution is -2.33. The van der Waals surface area contributed by atoms with Gasteiger partial charge in [0, 0.05) is 35.1 Å². The Bertz CT molecular complexity index is 1970. The Balaban J connectivity index is 1.37. The molecule has 1 amide bonds. The third-order valence-corrected chi connectivity index (χ3v) is 7.76. The van der Waals surface area contributed by atoms with Crippen LogP contribution < -0.4 is 16.6 Å². The standard InChI is InChI=1S/C32H29ClN6O4/c1-32(2,43)16-38-15-22(27-28(34)35-17-36-29(27)38)18-11-12-24(23(33)13-18)37-30(41)21-14-20-25(9-6-10-26(20)40)39(31(21)42)19-7-4-3-5-8-19/h3-5,7-8,11-15,17,43H,6,9-10,16H2,1-2H3,(H,37,41)(H2,34,35,36). The number of benzene rings is 2. The van der Waals surface area contributed by atoms with E-state index < -0.39 is 17.1 Å². The van der Waals surface area contributed by atoms with E-state index in [0.29, 0.717) is 58.4 Å². The minimum atomic E-state index is -1.00. The summed E-state index contributed by atoms with van der Waals surface area (Å²) in [5.74, 6) is -0.501. The van der Waals surface area contributed by atoms with Crippen molar-refractivity contribution in [2.75, 3.05) is 11.1 Å². The summed E-state index contributed by atoms with van der Waals surface area (Å²) in [7, 11) is 0. The third-order valence-electron chi connectivity index (χ3n) is 7.45. The predicted octanol–water partition coefficient (Wildman–Crippen LogP) is 5.03. The Kier molecular flexibility index (Phi) is 7.11. The summed E-state index contributed by atoms with van der Waals surface area (Å²) in [6, 6.07) is 15.4. The number of anilines is 2. The topological polar surface area (TPSA) is 145 Å². The molecule has 4 N–H and O–H groups in total. The molecular weight excluding hydrogens is 568 g/mol. The zero-order chi connectivity index (χ0) is 30.5. The van der Waals surface area contributed by atoms with Crippen molar-refractivity contribution in [3.05, 3.63) is 99.3 Å². The van der Waals surface area contributed by atoms with Crippen molar-refractivity contribution < 1.29 is 14.7 Å². The Morgan fingerprint density at radius 3 is 2.56 bits per heavy atom. The number of halogens is 1. The highest BCUT2D eigenvalue weighted by atomic mass is 35.5. The minimum Gasteiger partial charge on any atom is -0.389 e. The van der Waals surface area contributed by atoms with Gasteiger partial charge in [0.2, 0.25) is 0 Å². The lowest BCUT2D eigenvalue weighted by Gasteiger charge is -2.21. The number of nitrogen functional groups attached to an aromatic ring is 1. The number of pyridine rings is 1. The highest BCUT2D eigenvalue weighted by Gasteiger charge is 2.27. The number of rotatable bonds is 6. The summed E-state index contributed by atoms with van der Waals surface area (Å²) < 4.78 is 3.27. The van der Waals surface area contributed by atoms with E-state index in [1.807, 2.05) is 12.3 Å². The first kappa shape index (κ1) is 28.3. The molecular formula is C32H29ClN6O4. The first-order valence-electron chi connectivity index (χ1n) is 13.8. The smallest absolute Gasteiger partial charge is 0.268 e. The molecule has 11 heteroatoms. The number of hydrogen-bond acceptors (Lipinski definition) is 7. The van der Waals surface area contributed by atoms with Crippen LogP contribution in [0.2, 0.25) is 5.02 Å². The normalized spacial score (nSPS) is 13.3. The lowest BCUT2D eigenvalue weighted by molar-refractivity contribution is 0.0627. The quantitative estimate of drug-likeness (QED) is 0.249. The van der Waals surface area contributed by atoms with Crippen molar-refractivity contribution in [1.29, 1.82) is 0 Å². The molecule has 0 saturated heterocycles. The van der Waals surface area contributed by atoms with Gasteiger partial charge in [-0.05, 0) is 62.6 Å². The lowest BCUT2D eigenvalue weighted by atomic mass is 9.92. The number of hydrogen-bond donors (Lipinski definition) is 3. The van der Waals surface area contributed by atoms with Gasteiger partial charge in [0.25, 0.3) is 11.5 Å². The molecule has 0 fully saturated rings. The summed E-state index contributed by atoms with van der Waals surface area (Å²) in [6.07, 6.45) is 4.75. The number of amides is 1. The zero-order valence-electron chi connectivity index (χ0n) is 23.6. The molecule has 3 heterocycles. The number of nitrogens with one attached hydrogen (secondary N) is 1. The molecule has 0 atom stereocenters. The van der Waals surface area contributed by atoms with Crippen molar-refractivity contribution in [2.45, 2.75) is 45.3 Å². The molecule has 0 unspecified atom stereocenters. The fourth-order valence-electron chi connectivity index (χ4n) is 5.58. The number of fused-ring (bicyclic) bond motifs is 2. The van der Waals surface area contributed by atoms with Crippen LogP contribution >= 0.6 is 11.6 Å². The summed E-state index contributed by atoms with van der Waals surface area (Å²) in [6.45, 7) is 3.67. The van der Waals surface area contributed by atoms with Gasteiger partial charge in [-0.25, -0.2) is 9.97 Å². The molecule has 0 radical (unpaired) electrons. The molecule has 3 aromatic heterocycles. The number of nitrogens with zero attached hydrogens (tertiary/aromatic N) is 4. The maximum absolute atomic E-state index is 13.7. The number of carbonyl (C=O) groups is 2. The first-order valence-corrected chi connectivity index (χ1v) is 14.2. The fraction of sp³-hybridized carbons (Fsp3) is 0.219. The number of ketones is 1. The van der Waals surface area contributed by atoms with Gasteiger partial charge in [-0.1, -0.05) is 35.9 Å². The van der Waals surface area contributed by atoms with Crippen molar-refractivity contribution in [1.82, 2.24) is 19.1 Å². The van der Waals surface area contributed by atoms with Crippen molar-refractivity contribution in [3.8, 4) is 16.8 Å². The van der Waals surface area contributed by atoms with Gasteiger partial charge in [-0.3, -0.25) is 19.0 Å². The number of carbonyl (C=O) groups excluding carboxylic acids is 2. The SMILES string of the molecule is CC(C)(O)Cn1cc(-c2ccc(NC(=O)c3cc4c(n(-c5ccccc5)c3=O)CCCC4=O)c(Cl)c2)c2c(N)ncnc21. The number of aromatic nitrogens is 4. The van der Waals surface area contributed by atoms with Crippen molar-refractivity contribution in [3.63, 3.8) is 0 Å². The van der Waals surface area contributed by atoms with Gasteiger partial charge in [0.15, 0.2) is 5.78 Å². The summed E-state index contributed by atoms with van der Waals surface area (Å²) in [5, 5.41) is 14.0. The van der Waals surface area contributed by atoms with Gasteiger partial charge >= 0.3 is 0 Å². The largest absolute Gasteiger partial charge is 0.389 e. The van der Waals surface area contributed by atoms with Crippen LogP contribution in [0.3, 0.4) is 0 Å². The van der Waals surface area contributed by atoms with E-state index in [-0.39, 0.29) is 34.4 Å². The third kappa shape index (κ3) is 5.31. The average Bonchev–Trinajstić information content (AvgIpc) is 3.32. The van der Waals surface area contributed by atoms with E-state index >= 15 is 0 Å². The van der Waals surface area contributed by atoms with E-state index in [0.717, 1.165) is 0 Å². The van der Waals surface area contributed by atoms with Crippen LogP contribution in [-0.2, 0) is 13.0 Å². The van der Waals surface area contributed by atoms with Crippen molar-refractivity contribution >= 4 is 45.8 Å². The van der Waals surface area contributed by atoms with Gasteiger partial charge in [0.1, 0.15) is 23.4 Å². The second-order valence-corrected chi connectivity index (χ2v) is 11.7. The van der Waals surface area contributed by atoms with E-state index in [1.54, 1.807) is 60.9 Å². The van der Waals surface area contributed by atoms with Crippen molar-refractivity contribution in [2.24, 2.45) is 0 Å². The zero-order valence-corrected chi connectivity index (χ0v) is 24.4. The molecule has 5 aromatic rings. The number of Topliss-reactive ketones (excluding diaryl/α,β-unsaturated/α-hetero) is 1. The Morgan fingerprint density at radius 1 is 1.07 bits per heavy atom. The molecule has 0 bridgehead atoms. The van der Waals surface area contributed by atoms with E-state index in [1.165, 1.54) is 17.0 Å². The molecule has 1 aliphatic rings. The molecule has 0 spiro atoms. The monoisotopic (exact) mass is 596 g/mol. The van der Waals surface area contributed by atoms with Gasteiger partial charge in [0.05, 0.1) is 28.2 Å². The van der Waals surface area contributed by atoms with Crippen LogP contribution in [0.1, 0.15) is 53.1 Å². The van der Waals surface area contributed by atoms with Gasteiger partial charge in [-0.2, -0.15) is 0 Å². The van der Waals surface area contributed by atoms with E-state index in [9.17, 15) is 19.5 Å². The highest BCUT2D eigenvalue weighted by Crippen LogP contribution is 2.36. The van der Waals surface area contributed by atoms with E-state index in [2.05, 4.69) is 15.3 Å². The maximum atomic E-state index is 13.7. The van der Waals surface area contributed by atoms with Crippen LogP contribution in [0.5, 0.6) is 0 Å². The molecule has 0 aliphatic heterocycles. The van der Waals surface area contributed by atoms with Gasteiger partial charge < -0.3 is 20.7 Å². The molecule has 6 rings (SSSR count). The average molecular weight is 597 g/mol. The Labute approximate surface area is 251 Å². The van der Waals surface area contributed by atoms with Crippen LogP contribution in [0.4, 0.5) is 11.5 Å². The minimum absolute atomic E-state index is 0.102. The van der Waals surface area contributed by atoms with Gasteiger partial charge in [-0.15, -0.1) is 0 Å². The number of nitrogens with two attached hydrogens (primary N) is 1. The molecule has 43 heavy (non-hydrogen) atoms. The molecule has 10 nitrogen and oxygen atoms in total. The van der Waals surface area contributed by atoms with Crippen LogP contribution in [-0.4, -0.2) is 41.5 Å². The van der Waals surface area contributed by atoms with Crippen LogP contribution in [0.25, 0.3) is 27.8 Å². The maximum Gasteiger partial charge on any atom is 0.268 e. The molecule has 0 saturated carbocycles. The Hall–Kier alpha value is -4.80. The second-order valence-electron chi connectivity index (χ2n) is 11.3. The van der Waals surface area contributed by atoms with E-state index in [4.69, 9.17) is 17.3 Å². The summed E-state index contributed by atoms with van der Waals surface area (Å²) in [4.78, 5) is 48.5.